The summed E-state index contributed by atoms with van der Waals surface area (Å²) in [6.45, 7) is 19.8. The minimum Gasteiger partial charge on any atom is -0.394 e. The van der Waals surface area contributed by atoms with Gasteiger partial charge in [0.2, 0.25) is 0 Å². The van der Waals surface area contributed by atoms with Crippen molar-refractivity contribution >= 4 is 49.0 Å². The molecule has 0 aliphatic rings. The van der Waals surface area contributed by atoms with Gasteiger partial charge in [-0.25, -0.2) is 0 Å². The third kappa shape index (κ3) is 11.9. The molecule has 0 rings (SSSR count). The van der Waals surface area contributed by atoms with Gasteiger partial charge in [-0.3, -0.25) is 0 Å². The maximum Gasteiger partial charge on any atom is 0.351 e. The molecule has 8 heteroatoms. The largest absolute Gasteiger partial charge is 0.394 e. The lowest BCUT2D eigenvalue weighted by molar-refractivity contribution is 0.181. The van der Waals surface area contributed by atoms with Crippen molar-refractivity contribution < 1.29 is 17.7 Å². The van der Waals surface area contributed by atoms with Crippen LogP contribution in [0.25, 0.3) is 0 Å². The van der Waals surface area contributed by atoms with E-state index in [0.717, 1.165) is 44.9 Å². The van der Waals surface area contributed by atoms with Crippen LogP contribution in [0.4, 0.5) is 0 Å². The van der Waals surface area contributed by atoms with Gasteiger partial charge in [0.25, 0.3) is 0 Å². The molecule has 0 N–H and O–H groups in total. The van der Waals surface area contributed by atoms with E-state index in [1.165, 1.54) is 12.8 Å². The van der Waals surface area contributed by atoms with Gasteiger partial charge in [0.1, 0.15) is 0 Å². The van der Waals surface area contributed by atoms with Crippen molar-refractivity contribution in [1.29, 1.82) is 0 Å². The predicted molar refractivity (Wildman–Crippen MR) is 130 cm³/mol. The van der Waals surface area contributed by atoms with Gasteiger partial charge in [-0.1, -0.05) is 78.8 Å². The maximum absolute atomic E-state index is 5.90. The molecule has 0 aliphatic heterocycles. The molecule has 0 aromatic rings. The van der Waals surface area contributed by atoms with Crippen LogP contribution in [0.3, 0.4) is 0 Å². The van der Waals surface area contributed by atoms with Crippen LogP contribution >= 0.6 is 31.9 Å². The molecule has 0 saturated carbocycles. The fraction of sp³-hybridized carbons (Fsp3) is 1.00. The highest BCUT2D eigenvalue weighted by atomic mass is 79.9. The van der Waals surface area contributed by atoms with Crippen LogP contribution in [0.2, 0.25) is 12.1 Å². The van der Waals surface area contributed by atoms with Crippen molar-refractivity contribution in [2.45, 2.75) is 95.6 Å². The van der Waals surface area contributed by atoms with Crippen LogP contribution in [0.5, 0.6) is 0 Å². The average molecular weight is 553 g/mol. The van der Waals surface area contributed by atoms with Crippen molar-refractivity contribution in [3.8, 4) is 0 Å². The first-order valence-electron chi connectivity index (χ1n) is 10.6. The minimum atomic E-state index is -1.98. The van der Waals surface area contributed by atoms with Crippen LogP contribution in [0.1, 0.15) is 74.7 Å². The molecule has 2 unspecified atom stereocenters. The molecule has 0 heterocycles. The Hall–Kier alpha value is 1.23. The second-order valence-corrected chi connectivity index (χ2v) is 18.0. The summed E-state index contributed by atoms with van der Waals surface area (Å²) in [4.78, 5) is 0. The number of hydrogen-bond acceptors (Lipinski definition) is 4. The summed E-state index contributed by atoms with van der Waals surface area (Å²) in [5.41, 5.74) is 0. The van der Waals surface area contributed by atoms with E-state index in [1.54, 1.807) is 0 Å². The summed E-state index contributed by atoms with van der Waals surface area (Å²) in [6.07, 6.45) is 3.53. The van der Waals surface area contributed by atoms with Crippen molar-refractivity contribution in [2.24, 2.45) is 0 Å². The molecule has 27 heavy (non-hydrogen) atoms. The highest BCUT2D eigenvalue weighted by Gasteiger charge is 2.42. The average Bonchev–Trinajstić information content (AvgIpc) is 2.61. The molecule has 0 bridgehead atoms. The van der Waals surface area contributed by atoms with E-state index in [-0.39, 0.29) is 0 Å². The topological polar surface area (TPSA) is 36.9 Å². The SMILES string of the molecule is CCCC[Si](OCC)(OCC)C(C)Br.CCC[Si](OCC)(OCC)C(C)Br. The van der Waals surface area contributed by atoms with E-state index in [0.29, 0.717) is 8.90 Å². The zero-order chi connectivity index (χ0) is 21.3. The molecule has 166 valence electrons. The normalized spacial score (nSPS) is 14.4. The molecule has 2 atom stereocenters. The number of hydrogen-bond donors (Lipinski definition) is 0. The van der Waals surface area contributed by atoms with Gasteiger partial charge in [0, 0.05) is 26.4 Å². The molecule has 0 spiro atoms. The summed E-state index contributed by atoms with van der Waals surface area (Å²) < 4.78 is 24.2. The lowest BCUT2D eigenvalue weighted by Gasteiger charge is -2.32. The Labute approximate surface area is 188 Å². The van der Waals surface area contributed by atoms with Crippen molar-refractivity contribution in [1.82, 2.24) is 0 Å². The first kappa shape index (κ1) is 30.4. The number of alkyl halides is 2. The molecular weight excluding hydrogens is 508 g/mol. The quantitative estimate of drug-likeness (QED) is 0.164. The molecule has 0 radical (unpaired) electrons. The zero-order valence-corrected chi connectivity index (χ0v) is 24.1. The van der Waals surface area contributed by atoms with Gasteiger partial charge in [-0.2, -0.15) is 0 Å². The van der Waals surface area contributed by atoms with Crippen LogP contribution < -0.4 is 0 Å². The van der Waals surface area contributed by atoms with E-state index in [2.05, 4.69) is 59.6 Å². The second kappa shape index (κ2) is 18.0. The molecule has 0 saturated heterocycles. The summed E-state index contributed by atoms with van der Waals surface area (Å²) in [6, 6.07) is 2.17. The highest BCUT2D eigenvalue weighted by Crippen LogP contribution is 2.26. The fourth-order valence-corrected chi connectivity index (χ4v) is 11.9. The molecule has 0 aliphatic carbocycles. The smallest absolute Gasteiger partial charge is 0.351 e. The maximum atomic E-state index is 5.90. The van der Waals surface area contributed by atoms with Crippen LogP contribution in [0.15, 0.2) is 0 Å². The third-order valence-corrected chi connectivity index (χ3v) is 16.2. The Morgan fingerprint density at radius 3 is 1.15 bits per heavy atom. The summed E-state index contributed by atoms with van der Waals surface area (Å²) in [5.74, 6) is 0. The molecule has 0 aromatic carbocycles. The van der Waals surface area contributed by atoms with Crippen molar-refractivity contribution in [2.75, 3.05) is 26.4 Å². The predicted octanol–water partition coefficient (Wildman–Crippen LogP) is 6.86. The van der Waals surface area contributed by atoms with E-state index in [4.69, 9.17) is 17.7 Å². The Kier molecular flexibility index (Phi) is 20.3. The zero-order valence-electron chi connectivity index (χ0n) is 18.9. The van der Waals surface area contributed by atoms with Gasteiger partial charge in [-0.15, -0.1) is 0 Å². The summed E-state index contributed by atoms with van der Waals surface area (Å²) in [5, 5.41) is 0. The highest BCUT2D eigenvalue weighted by molar-refractivity contribution is 9.10. The molecule has 0 amide bonds. The lowest BCUT2D eigenvalue weighted by atomic mass is 10.4. The molecule has 0 fully saturated rings. The third-order valence-electron chi connectivity index (χ3n) is 4.24. The Bertz CT molecular complexity index is 312. The van der Waals surface area contributed by atoms with Gasteiger partial charge in [0.15, 0.2) is 0 Å². The lowest BCUT2D eigenvalue weighted by Crippen LogP contribution is -2.49. The van der Waals surface area contributed by atoms with Gasteiger partial charge >= 0.3 is 17.1 Å². The van der Waals surface area contributed by atoms with Crippen LogP contribution in [0, 0.1) is 0 Å². The summed E-state index contributed by atoms with van der Waals surface area (Å²) in [7, 11) is -3.93. The molecule has 4 nitrogen and oxygen atoms in total. The van der Waals surface area contributed by atoms with Crippen LogP contribution in [-0.2, 0) is 17.7 Å². The standard InChI is InChI=1S/C10H23BrO2Si.C9H21BrO2Si/c1-5-8-9-14(10(4)11,12-6-2)13-7-3;1-5-8-13(9(4)10,11-6-2)12-7-3/h10H,5-9H2,1-4H3;9H,5-8H2,1-4H3. The van der Waals surface area contributed by atoms with Crippen LogP contribution in [-0.4, -0.2) is 52.5 Å². The Morgan fingerprint density at radius 1 is 0.593 bits per heavy atom. The molecule has 0 aromatic heterocycles. The fourth-order valence-electron chi connectivity index (χ4n) is 2.98. The molecular formula is C19H44Br2O4Si2. The Balaban J connectivity index is 0. The van der Waals surface area contributed by atoms with E-state index in [9.17, 15) is 0 Å². The second-order valence-electron chi connectivity index (χ2n) is 6.44. The number of unbranched alkanes of at least 4 members (excludes halogenated alkanes) is 1. The van der Waals surface area contributed by atoms with Gasteiger partial charge < -0.3 is 17.7 Å². The van der Waals surface area contributed by atoms with Gasteiger partial charge in [-0.05, 0) is 39.8 Å². The number of rotatable bonds is 15. The van der Waals surface area contributed by atoms with E-state index >= 15 is 0 Å². The first-order chi connectivity index (χ1) is 12.8. The summed E-state index contributed by atoms with van der Waals surface area (Å²) >= 11 is 7.25. The number of halogens is 2. The Morgan fingerprint density at radius 2 is 0.926 bits per heavy atom. The van der Waals surface area contributed by atoms with Crippen molar-refractivity contribution in [3.05, 3.63) is 0 Å². The monoisotopic (exact) mass is 550 g/mol. The van der Waals surface area contributed by atoms with E-state index < -0.39 is 17.1 Å². The minimum absolute atomic E-state index is 0.361. The van der Waals surface area contributed by atoms with Gasteiger partial charge in [0.05, 0.1) is 8.90 Å². The van der Waals surface area contributed by atoms with E-state index in [1.807, 2.05) is 27.7 Å². The first-order valence-corrected chi connectivity index (χ1v) is 16.6. The van der Waals surface area contributed by atoms with Crippen molar-refractivity contribution in [3.63, 3.8) is 0 Å².